The van der Waals surface area contributed by atoms with E-state index in [1.807, 2.05) is 36.6 Å². The number of hydrogen-bond donors (Lipinski definition) is 2. The van der Waals surface area contributed by atoms with Crippen LogP contribution >= 0.6 is 22.9 Å². The molecule has 1 aromatic carbocycles. The fourth-order valence-corrected chi connectivity index (χ4v) is 3.46. The fourth-order valence-electron chi connectivity index (χ4n) is 2.39. The average molecular weight is 340 g/mol. The Morgan fingerprint density at radius 2 is 2.18 bits per heavy atom. The highest BCUT2D eigenvalue weighted by Crippen LogP contribution is 2.38. The van der Waals surface area contributed by atoms with Crippen LogP contribution in [0.1, 0.15) is 17.4 Å². The third kappa shape index (κ3) is 3.38. The lowest BCUT2D eigenvalue weighted by Crippen LogP contribution is -2.34. The topological polar surface area (TPSA) is 50.7 Å². The van der Waals surface area contributed by atoms with E-state index in [1.54, 1.807) is 11.3 Å². The van der Waals surface area contributed by atoms with Crippen LogP contribution in [0.2, 0.25) is 5.02 Å². The Morgan fingerprint density at radius 1 is 1.36 bits per heavy atom. The van der Waals surface area contributed by atoms with Gasteiger partial charge in [0.25, 0.3) is 0 Å². The average Bonchev–Trinajstić information content (AvgIpc) is 3.02. The Morgan fingerprint density at radius 3 is 2.95 bits per heavy atom. The SMILES string of the molecule is CC(O)(CNCc1cc(Cl)c2c(c1)OCCO2)c1cccs1. The van der Waals surface area contributed by atoms with Crippen LogP contribution in [0.3, 0.4) is 0 Å². The van der Waals surface area contributed by atoms with Crippen molar-refractivity contribution in [3.63, 3.8) is 0 Å². The maximum absolute atomic E-state index is 10.5. The molecule has 6 heteroatoms. The quantitative estimate of drug-likeness (QED) is 0.878. The van der Waals surface area contributed by atoms with Gasteiger partial charge in [0.15, 0.2) is 11.5 Å². The minimum absolute atomic E-state index is 0.458. The minimum Gasteiger partial charge on any atom is -0.486 e. The molecule has 0 radical (unpaired) electrons. The van der Waals surface area contributed by atoms with Crippen molar-refractivity contribution in [1.29, 1.82) is 0 Å². The zero-order valence-electron chi connectivity index (χ0n) is 12.3. The third-order valence-corrected chi connectivity index (χ3v) is 4.91. The fraction of sp³-hybridized carbons (Fsp3) is 0.375. The second kappa shape index (κ2) is 6.46. The number of benzene rings is 1. The number of fused-ring (bicyclic) bond motifs is 1. The van der Waals surface area contributed by atoms with Crippen molar-refractivity contribution in [1.82, 2.24) is 5.32 Å². The predicted molar refractivity (Wildman–Crippen MR) is 88.0 cm³/mol. The van der Waals surface area contributed by atoms with Gasteiger partial charge in [0.05, 0.1) is 5.02 Å². The van der Waals surface area contributed by atoms with Crippen LogP contribution in [-0.2, 0) is 12.1 Å². The number of hydrogen-bond acceptors (Lipinski definition) is 5. The maximum atomic E-state index is 10.5. The first-order valence-electron chi connectivity index (χ1n) is 7.11. The van der Waals surface area contributed by atoms with Crippen molar-refractivity contribution >= 4 is 22.9 Å². The second-order valence-corrected chi connectivity index (χ2v) is 6.81. The molecule has 2 N–H and O–H groups in total. The summed E-state index contributed by atoms with van der Waals surface area (Å²) in [5, 5.41) is 16.3. The zero-order chi connectivity index (χ0) is 15.6. The van der Waals surface area contributed by atoms with E-state index in [0.29, 0.717) is 42.8 Å². The van der Waals surface area contributed by atoms with Gasteiger partial charge in [0.1, 0.15) is 18.8 Å². The Labute approximate surface area is 138 Å². The Bertz CT molecular complexity index is 643. The molecule has 0 amide bonds. The molecule has 4 nitrogen and oxygen atoms in total. The highest BCUT2D eigenvalue weighted by atomic mass is 35.5. The van der Waals surface area contributed by atoms with Crippen molar-refractivity contribution < 1.29 is 14.6 Å². The number of rotatable bonds is 5. The van der Waals surface area contributed by atoms with Gasteiger partial charge in [-0.3, -0.25) is 0 Å². The van der Waals surface area contributed by atoms with Gasteiger partial charge < -0.3 is 19.9 Å². The molecule has 1 unspecified atom stereocenters. The van der Waals surface area contributed by atoms with Gasteiger partial charge in [-0.25, -0.2) is 0 Å². The standard InChI is InChI=1S/C16H18ClNO3S/c1-16(19,14-3-2-6-22-14)10-18-9-11-7-12(17)15-13(8-11)20-4-5-21-15/h2-3,6-8,18-19H,4-5,9-10H2,1H3. The molecule has 2 aromatic rings. The summed E-state index contributed by atoms with van der Waals surface area (Å²) in [6, 6.07) is 7.66. The Kier molecular flexibility index (Phi) is 4.59. The van der Waals surface area contributed by atoms with Gasteiger partial charge in [-0.15, -0.1) is 11.3 Å². The summed E-state index contributed by atoms with van der Waals surface area (Å²) < 4.78 is 11.1. The minimum atomic E-state index is -0.883. The van der Waals surface area contributed by atoms with Gasteiger partial charge in [-0.2, -0.15) is 0 Å². The lowest BCUT2D eigenvalue weighted by atomic mass is 10.1. The molecule has 2 heterocycles. The molecule has 0 bridgehead atoms. The molecule has 0 saturated carbocycles. The van der Waals surface area contributed by atoms with Crippen molar-refractivity contribution in [2.24, 2.45) is 0 Å². The summed E-state index contributed by atoms with van der Waals surface area (Å²) in [5.41, 5.74) is 0.113. The first-order chi connectivity index (χ1) is 10.6. The Balaban J connectivity index is 1.63. The lowest BCUT2D eigenvalue weighted by Gasteiger charge is -2.23. The predicted octanol–water partition coefficient (Wildman–Crippen LogP) is 3.17. The molecule has 118 valence electrons. The number of halogens is 1. The molecular weight excluding hydrogens is 322 g/mol. The van der Waals surface area contributed by atoms with Gasteiger partial charge in [-0.05, 0) is 36.1 Å². The van der Waals surface area contributed by atoms with Crippen molar-refractivity contribution in [2.45, 2.75) is 19.1 Å². The van der Waals surface area contributed by atoms with Crippen LogP contribution in [0.25, 0.3) is 0 Å². The van der Waals surface area contributed by atoms with Crippen molar-refractivity contribution in [3.8, 4) is 11.5 Å². The smallest absolute Gasteiger partial charge is 0.179 e. The second-order valence-electron chi connectivity index (χ2n) is 5.46. The van der Waals surface area contributed by atoms with Crippen molar-refractivity contribution in [3.05, 3.63) is 45.1 Å². The lowest BCUT2D eigenvalue weighted by molar-refractivity contribution is 0.0604. The summed E-state index contributed by atoms with van der Waals surface area (Å²) >= 11 is 7.77. The normalized spacial score (nSPS) is 16.3. The largest absolute Gasteiger partial charge is 0.486 e. The molecule has 0 saturated heterocycles. The van der Waals surface area contributed by atoms with Gasteiger partial charge in [0.2, 0.25) is 0 Å². The summed E-state index contributed by atoms with van der Waals surface area (Å²) in [6.45, 7) is 3.92. The molecular formula is C16H18ClNO3S. The third-order valence-electron chi connectivity index (χ3n) is 3.51. The highest BCUT2D eigenvalue weighted by molar-refractivity contribution is 7.10. The van der Waals surface area contributed by atoms with Crippen LogP contribution in [0.5, 0.6) is 11.5 Å². The van der Waals surface area contributed by atoms with Crippen LogP contribution < -0.4 is 14.8 Å². The van der Waals surface area contributed by atoms with E-state index in [4.69, 9.17) is 21.1 Å². The van der Waals surface area contributed by atoms with E-state index >= 15 is 0 Å². The van der Waals surface area contributed by atoms with E-state index in [1.165, 1.54) is 0 Å². The maximum Gasteiger partial charge on any atom is 0.179 e. The molecule has 3 rings (SSSR count). The summed E-state index contributed by atoms with van der Waals surface area (Å²) in [6.07, 6.45) is 0. The van der Waals surface area contributed by atoms with E-state index in [2.05, 4.69) is 5.32 Å². The van der Waals surface area contributed by atoms with E-state index in [9.17, 15) is 5.11 Å². The molecule has 1 aliphatic heterocycles. The zero-order valence-corrected chi connectivity index (χ0v) is 13.8. The van der Waals surface area contributed by atoms with Crippen molar-refractivity contribution in [2.75, 3.05) is 19.8 Å². The molecule has 0 fully saturated rings. The number of ether oxygens (including phenoxy) is 2. The molecule has 1 aliphatic rings. The van der Waals surface area contributed by atoms with E-state index in [-0.39, 0.29) is 0 Å². The first kappa shape index (κ1) is 15.6. The Hall–Kier alpha value is -1.27. The van der Waals surface area contributed by atoms with Crippen LogP contribution in [0.4, 0.5) is 0 Å². The van der Waals surface area contributed by atoms with Crippen LogP contribution in [0.15, 0.2) is 29.6 Å². The number of thiophene rings is 1. The summed E-state index contributed by atoms with van der Waals surface area (Å²) in [4.78, 5) is 0.945. The van der Waals surface area contributed by atoms with Gasteiger partial charge >= 0.3 is 0 Å². The van der Waals surface area contributed by atoms with Crippen LogP contribution in [-0.4, -0.2) is 24.9 Å². The molecule has 1 atom stereocenters. The van der Waals surface area contributed by atoms with E-state index < -0.39 is 5.60 Å². The monoisotopic (exact) mass is 339 g/mol. The van der Waals surface area contributed by atoms with E-state index in [0.717, 1.165) is 10.4 Å². The molecule has 1 aromatic heterocycles. The number of aliphatic hydroxyl groups is 1. The highest BCUT2D eigenvalue weighted by Gasteiger charge is 2.23. The molecule has 0 aliphatic carbocycles. The summed E-state index contributed by atoms with van der Waals surface area (Å²) in [7, 11) is 0. The molecule has 22 heavy (non-hydrogen) atoms. The summed E-state index contributed by atoms with van der Waals surface area (Å²) in [5.74, 6) is 1.29. The molecule has 0 spiro atoms. The number of nitrogens with one attached hydrogen (secondary N) is 1. The van der Waals surface area contributed by atoms with Crippen LogP contribution in [0, 0.1) is 0 Å². The first-order valence-corrected chi connectivity index (χ1v) is 8.37. The van der Waals surface area contributed by atoms with Gasteiger partial charge in [0, 0.05) is 18.0 Å². The van der Waals surface area contributed by atoms with Gasteiger partial charge in [-0.1, -0.05) is 17.7 Å².